The number of carbonyl (C=O) groups is 1. The topological polar surface area (TPSA) is 41.9 Å². The first-order valence-electron chi connectivity index (χ1n) is 8.14. The number of halogens is 1. The van der Waals surface area contributed by atoms with Gasteiger partial charge in [0.1, 0.15) is 11.6 Å². The van der Waals surface area contributed by atoms with E-state index in [0.29, 0.717) is 10.9 Å². The van der Waals surface area contributed by atoms with Crippen LogP contribution < -0.4 is 4.74 Å². The summed E-state index contributed by atoms with van der Waals surface area (Å²) in [5.41, 5.74) is 0.811. The van der Waals surface area contributed by atoms with Crippen molar-refractivity contribution in [3.63, 3.8) is 0 Å². The predicted molar refractivity (Wildman–Crippen MR) is 98.8 cm³/mol. The summed E-state index contributed by atoms with van der Waals surface area (Å²) in [5.74, 6) is 0.596. The predicted octanol–water partition coefficient (Wildman–Crippen LogP) is 4.25. The molecule has 0 spiro atoms. The SMILES string of the molecule is CC[C@H]1CSC(=Nc2ccccc2)N1C(=O)COc1cccc(F)c1. The Bertz CT molecular complexity index is 767. The molecule has 0 unspecified atom stereocenters. The zero-order chi connectivity index (χ0) is 17.6. The second-order valence-electron chi connectivity index (χ2n) is 5.61. The molecule has 3 rings (SSSR count). The molecular weight excluding hydrogens is 339 g/mol. The fraction of sp³-hybridized carbons (Fsp3) is 0.263. The van der Waals surface area contributed by atoms with Gasteiger partial charge in [0, 0.05) is 17.9 Å². The Labute approximate surface area is 150 Å². The van der Waals surface area contributed by atoms with E-state index >= 15 is 0 Å². The smallest absolute Gasteiger partial charge is 0.266 e. The van der Waals surface area contributed by atoms with Gasteiger partial charge in [-0.05, 0) is 30.7 Å². The molecule has 25 heavy (non-hydrogen) atoms. The molecular formula is C19H19FN2O2S. The third-order valence-electron chi connectivity index (χ3n) is 3.86. The van der Waals surface area contributed by atoms with Crippen molar-refractivity contribution in [2.24, 2.45) is 4.99 Å². The highest BCUT2D eigenvalue weighted by atomic mass is 32.2. The lowest BCUT2D eigenvalue weighted by Crippen LogP contribution is -2.41. The zero-order valence-corrected chi connectivity index (χ0v) is 14.7. The van der Waals surface area contributed by atoms with Crippen LogP contribution in [0.1, 0.15) is 13.3 Å². The van der Waals surface area contributed by atoms with Crippen LogP contribution in [0, 0.1) is 5.82 Å². The summed E-state index contributed by atoms with van der Waals surface area (Å²) in [6, 6.07) is 15.4. The summed E-state index contributed by atoms with van der Waals surface area (Å²) >= 11 is 1.57. The second-order valence-corrected chi connectivity index (χ2v) is 6.60. The number of nitrogens with zero attached hydrogens (tertiary/aromatic N) is 2. The number of rotatable bonds is 5. The van der Waals surface area contributed by atoms with Gasteiger partial charge in [0.05, 0.1) is 5.69 Å². The molecule has 1 atom stereocenters. The van der Waals surface area contributed by atoms with Crippen molar-refractivity contribution in [2.75, 3.05) is 12.4 Å². The van der Waals surface area contributed by atoms with Gasteiger partial charge in [-0.25, -0.2) is 9.38 Å². The van der Waals surface area contributed by atoms with Gasteiger partial charge in [0.15, 0.2) is 11.8 Å². The number of hydrogen-bond donors (Lipinski definition) is 0. The van der Waals surface area contributed by atoms with Gasteiger partial charge in [-0.2, -0.15) is 0 Å². The Morgan fingerprint density at radius 1 is 1.28 bits per heavy atom. The molecule has 6 heteroatoms. The lowest BCUT2D eigenvalue weighted by Gasteiger charge is -2.23. The number of ether oxygens (including phenoxy) is 1. The normalized spacial score (nSPS) is 18.6. The van der Waals surface area contributed by atoms with E-state index < -0.39 is 0 Å². The van der Waals surface area contributed by atoms with Crippen LogP contribution in [0.5, 0.6) is 5.75 Å². The van der Waals surface area contributed by atoms with Crippen LogP contribution in [0.4, 0.5) is 10.1 Å². The van der Waals surface area contributed by atoms with Crippen LogP contribution in [-0.4, -0.2) is 34.4 Å². The van der Waals surface area contributed by atoms with Crippen LogP contribution >= 0.6 is 11.8 Å². The maximum absolute atomic E-state index is 13.2. The summed E-state index contributed by atoms with van der Waals surface area (Å²) in [4.78, 5) is 19.0. The molecule has 2 aromatic carbocycles. The molecule has 0 radical (unpaired) electrons. The summed E-state index contributed by atoms with van der Waals surface area (Å²) in [7, 11) is 0. The van der Waals surface area contributed by atoms with Crippen LogP contribution in [0.2, 0.25) is 0 Å². The molecule has 1 fully saturated rings. The third-order valence-corrected chi connectivity index (χ3v) is 4.95. The molecule has 1 heterocycles. The average Bonchev–Trinajstić information content (AvgIpc) is 3.03. The van der Waals surface area contributed by atoms with Crippen molar-refractivity contribution >= 4 is 28.5 Å². The monoisotopic (exact) mass is 358 g/mol. The molecule has 0 aromatic heterocycles. The largest absolute Gasteiger partial charge is 0.484 e. The van der Waals surface area contributed by atoms with Crippen molar-refractivity contribution in [1.29, 1.82) is 0 Å². The fourth-order valence-corrected chi connectivity index (χ4v) is 3.84. The first-order chi connectivity index (χ1) is 12.2. The number of amidine groups is 1. The van der Waals surface area contributed by atoms with Gasteiger partial charge in [-0.3, -0.25) is 9.69 Å². The maximum atomic E-state index is 13.2. The van der Waals surface area contributed by atoms with Gasteiger partial charge in [0.25, 0.3) is 5.91 Å². The number of thioether (sulfide) groups is 1. The second kappa shape index (κ2) is 8.16. The van der Waals surface area contributed by atoms with Crippen molar-refractivity contribution in [1.82, 2.24) is 4.90 Å². The highest BCUT2D eigenvalue weighted by Gasteiger charge is 2.34. The van der Waals surface area contributed by atoms with Gasteiger partial charge in [-0.1, -0.05) is 43.0 Å². The van der Waals surface area contributed by atoms with E-state index in [2.05, 4.69) is 4.99 Å². The number of benzene rings is 2. The molecule has 0 aliphatic carbocycles. The number of amides is 1. The zero-order valence-electron chi connectivity index (χ0n) is 13.9. The van der Waals surface area contributed by atoms with E-state index in [1.807, 2.05) is 37.3 Å². The highest BCUT2D eigenvalue weighted by molar-refractivity contribution is 8.14. The van der Waals surface area contributed by atoms with Gasteiger partial charge in [-0.15, -0.1) is 0 Å². The molecule has 1 saturated heterocycles. The quantitative estimate of drug-likeness (QED) is 0.802. The first kappa shape index (κ1) is 17.5. The molecule has 1 aliphatic heterocycles. The Hall–Kier alpha value is -2.34. The van der Waals surface area contributed by atoms with Gasteiger partial charge < -0.3 is 4.74 Å². The standard InChI is InChI=1S/C19H19FN2O2S/c1-2-16-13-25-19(21-15-8-4-3-5-9-15)22(16)18(23)12-24-17-10-6-7-14(20)11-17/h3-11,16H,2,12-13H2,1H3/t16-/m0/s1. The molecule has 130 valence electrons. The van der Waals surface area contributed by atoms with Gasteiger partial charge >= 0.3 is 0 Å². The van der Waals surface area contributed by atoms with E-state index in [9.17, 15) is 9.18 Å². The van der Waals surface area contributed by atoms with Crippen LogP contribution in [0.3, 0.4) is 0 Å². The Balaban J connectivity index is 1.74. The minimum Gasteiger partial charge on any atom is -0.484 e. The third kappa shape index (κ3) is 4.39. The van der Waals surface area contributed by atoms with Crippen molar-refractivity contribution in [3.05, 3.63) is 60.4 Å². The van der Waals surface area contributed by atoms with E-state index in [1.165, 1.54) is 12.1 Å². The van der Waals surface area contributed by atoms with Crippen molar-refractivity contribution in [3.8, 4) is 5.75 Å². The van der Waals surface area contributed by atoms with Crippen molar-refractivity contribution < 1.29 is 13.9 Å². The summed E-state index contributed by atoms with van der Waals surface area (Å²) < 4.78 is 18.7. The average molecular weight is 358 g/mol. The number of hydrogen-bond acceptors (Lipinski definition) is 4. The van der Waals surface area contributed by atoms with Crippen LogP contribution in [0.25, 0.3) is 0 Å². The summed E-state index contributed by atoms with van der Waals surface area (Å²) in [6.07, 6.45) is 0.840. The number of aliphatic imine (C=N–C) groups is 1. The minimum atomic E-state index is -0.389. The molecule has 0 N–H and O–H groups in total. The van der Waals surface area contributed by atoms with Gasteiger partial charge in [0.2, 0.25) is 0 Å². The molecule has 1 aliphatic rings. The Morgan fingerprint density at radius 2 is 2.08 bits per heavy atom. The Morgan fingerprint density at radius 3 is 2.80 bits per heavy atom. The lowest BCUT2D eigenvalue weighted by atomic mass is 10.2. The molecule has 2 aromatic rings. The van der Waals surface area contributed by atoms with Crippen LogP contribution in [-0.2, 0) is 4.79 Å². The number of para-hydroxylation sites is 1. The highest BCUT2D eigenvalue weighted by Crippen LogP contribution is 2.29. The van der Waals surface area contributed by atoms with E-state index in [4.69, 9.17) is 4.74 Å². The molecule has 0 saturated carbocycles. The van der Waals surface area contributed by atoms with E-state index in [-0.39, 0.29) is 24.4 Å². The summed E-state index contributed by atoms with van der Waals surface area (Å²) in [5, 5.41) is 0.686. The van der Waals surface area contributed by atoms with Crippen molar-refractivity contribution in [2.45, 2.75) is 19.4 Å². The molecule has 0 bridgehead atoms. The van der Waals surface area contributed by atoms with Crippen LogP contribution in [0.15, 0.2) is 59.6 Å². The number of carbonyl (C=O) groups excluding carboxylic acids is 1. The minimum absolute atomic E-state index is 0.0936. The Kier molecular flexibility index (Phi) is 5.71. The molecule has 4 nitrogen and oxygen atoms in total. The molecule has 1 amide bonds. The maximum Gasteiger partial charge on any atom is 0.266 e. The summed E-state index contributed by atoms with van der Waals surface area (Å²) in [6.45, 7) is 1.90. The lowest BCUT2D eigenvalue weighted by molar-refractivity contribution is -0.130. The fourth-order valence-electron chi connectivity index (χ4n) is 2.55. The van der Waals surface area contributed by atoms with E-state index in [1.54, 1.807) is 28.8 Å². The van der Waals surface area contributed by atoms with E-state index in [0.717, 1.165) is 17.9 Å². The first-order valence-corrected chi connectivity index (χ1v) is 9.13.